The first kappa shape index (κ1) is 14.1. The van der Waals surface area contributed by atoms with Crippen LogP contribution >= 0.6 is 11.8 Å². The van der Waals surface area contributed by atoms with Gasteiger partial charge in [-0.2, -0.15) is 9.97 Å². The third-order valence-electron chi connectivity index (χ3n) is 2.69. The van der Waals surface area contributed by atoms with Crippen molar-refractivity contribution >= 4 is 22.9 Å². The fraction of sp³-hybridized carbons (Fsp3) is 0.583. The smallest absolute Gasteiger partial charge is 0.319 e. The molecule has 6 nitrogen and oxygen atoms in total. The van der Waals surface area contributed by atoms with Crippen molar-refractivity contribution in [3.63, 3.8) is 0 Å². The monoisotopic (exact) mass is 281 g/mol. The standard InChI is InChI=1S/C12H19N5OS/c1-16(2)6-5-7-19-11-9-10(13-8-17(9)3)14-12(15-11)18-4/h8H,5-7H2,1-4H3. The fourth-order valence-corrected chi connectivity index (χ4v) is 2.72. The van der Waals surface area contributed by atoms with E-state index in [-0.39, 0.29) is 0 Å². The van der Waals surface area contributed by atoms with Crippen molar-refractivity contribution in [1.82, 2.24) is 24.4 Å². The molecule has 0 unspecified atom stereocenters. The van der Waals surface area contributed by atoms with Gasteiger partial charge in [0.05, 0.1) is 13.4 Å². The van der Waals surface area contributed by atoms with E-state index in [2.05, 4.69) is 33.9 Å². The largest absolute Gasteiger partial charge is 0.467 e. The molecule has 0 aliphatic heterocycles. The van der Waals surface area contributed by atoms with Crippen LogP contribution in [0.2, 0.25) is 0 Å². The highest BCUT2D eigenvalue weighted by Crippen LogP contribution is 2.26. The maximum atomic E-state index is 5.12. The number of methoxy groups -OCH3 is 1. The normalized spacial score (nSPS) is 11.4. The maximum absolute atomic E-state index is 5.12. The first-order valence-corrected chi connectivity index (χ1v) is 7.11. The van der Waals surface area contributed by atoms with Gasteiger partial charge in [-0.25, -0.2) is 4.98 Å². The van der Waals surface area contributed by atoms with Gasteiger partial charge in [-0.1, -0.05) is 0 Å². The number of aromatic nitrogens is 4. The Hall–Kier alpha value is -1.34. The minimum Gasteiger partial charge on any atom is -0.467 e. The maximum Gasteiger partial charge on any atom is 0.319 e. The Morgan fingerprint density at radius 1 is 1.37 bits per heavy atom. The highest BCUT2D eigenvalue weighted by atomic mass is 32.2. The van der Waals surface area contributed by atoms with Crippen molar-refractivity contribution < 1.29 is 4.74 Å². The first-order chi connectivity index (χ1) is 9.11. The Bertz CT molecular complexity index is 554. The Kier molecular flexibility index (Phi) is 4.60. The second kappa shape index (κ2) is 6.21. The van der Waals surface area contributed by atoms with Gasteiger partial charge in [0.15, 0.2) is 5.65 Å². The zero-order valence-corrected chi connectivity index (χ0v) is 12.6. The van der Waals surface area contributed by atoms with Gasteiger partial charge in [-0.15, -0.1) is 11.8 Å². The molecule has 0 amide bonds. The van der Waals surface area contributed by atoms with Crippen molar-refractivity contribution in [2.45, 2.75) is 11.4 Å². The van der Waals surface area contributed by atoms with Crippen LogP contribution in [0.5, 0.6) is 6.01 Å². The van der Waals surface area contributed by atoms with Gasteiger partial charge in [0.2, 0.25) is 0 Å². The number of hydrogen-bond acceptors (Lipinski definition) is 6. The zero-order valence-electron chi connectivity index (χ0n) is 11.8. The van der Waals surface area contributed by atoms with Gasteiger partial charge < -0.3 is 14.2 Å². The quantitative estimate of drug-likeness (QED) is 0.453. The van der Waals surface area contributed by atoms with Gasteiger partial charge in [-0.05, 0) is 27.1 Å². The van der Waals surface area contributed by atoms with Crippen LogP contribution in [0.4, 0.5) is 0 Å². The van der Waals surface area contributed by atoms with Crippen molar-refractivity contribution in [1.29, 1.82) is 0 Å². The van der Waals surface area contributed by atoms with E-state index in [1.807, 2.05) is 11.6 Å². The fourth-order valence-electron chi connectivity index (χ4n) is 1.74. The number of fused-ring (bicyclic) bond motifs is 1. The van der Waals surface area contributed by atoms with E-state index in [0.717, 1.165) is 29.3 Å². The Morgan fingerprint density at radius 2 is 2.16 bits per heavy atom. The predicted molar refractivity (Wildman–Crippen MR) is 76.8 cm³/mol. The summed E-state index contributed by atoms with van der Waals surface area (Å²) < 4.78 is 7.07. The Balaban J connectivity index is 2.17. The molecule has 0 fully saturated rings. The minimum absolute atomic E-state index is 0.376. The molecule has 0 N–H and O–H groups in total. The molecular weight excluding hydrogens is 262 g/mol. The summed E-state index contributed by atoms with van der Waals surface area (Å²) in [4.78, 5) is 15.1. The third-order valence-corrected chi connectivity index (χ3v) is 3.74. The second-order valence-corrected chi connectivity index (χ2v) is 5.63. The summed E-state index contributed by atoms with van der Waals surface area (Å²) in [7, 11) is 7.69. The molecule has 0 atom stereocenters. The number of aryl methyl sites for hydroxylation is 1. The molecular formula is C12H19N5OS. The molecule has 104 valence electrons. The summed E-state index contributed by atoms with van der Waals surface area (Å²) in [6, 6.07) is 0.376. The van der Waals surface area contributed by atoms with E-state index in [1.165, 1.54) is 0 Å². The zero-order chi connectivity index (χ0) is 13.8. The molecule has 0 aliphatic carbocycles. The number of imidazole rings is 1. The molecule has 19 heavy (non-hydrogen) atoms. The number of ether oxygens (including phenoxy) is 1. The molecule has 0 aromatic carbocycles. The molecule has 0 spiro atoms. The van der Waals surface area contributed by atoms with Crippen LogP contribution in [-0.4, -0.2) is 57.9 Å². The Morgan fingerprint density at radius 3 is 2.84 bits per heavy atom. The lowest BCUT2D eigenvalue weighted by Gasteiger charge is -2.09. The van der Waals surface area contributed by atoms with Gasteiger partial charge >= 0.3 is 6.01 Å². The lowest BCUT2D eigenvalue weighted by Crippen LogP contribution is -2.13. The minimum atomic E-state index is 0.376. The summed E-state index contributed by atoms with van der Waals surface area (Å²) in [5.74, 6) is 1.01. The summed E-state index contributed by atoms with van der Waals surface area (Å²) in [5.41, 5.74) is 1.65. The summed E-state index contributed by atoms with van der Waals surface area (Å²) >= 11 is 1.72. The molecule has 0 aliphatic rings. The van der Waals surface area contributed by atoms with E-state index in [1.54, 1.807) is 25.2 Å². The molecule has 0 radical (unpaired) electrons. The van der Waals surface area contributed by atoms with Crippen molar-refractivity contribution in [3.8, 4) is 6.01 Å². The van der Waals surface area contributed by atoms with Gasteiger partial charge in [0, 0.05) is 12.8 Å². The number of thioether (sulfide) groups is 1. The van der Waals surface area contributed by atoms with E-state index in [9.17, 15) is 0 Å². The second-order valence-electron chi connectivity index (χ2n) is 4.55. The van der Waals surface area contributed by atoms with Crippen molar-refractivity contribution in [2.24, 2.45) is 7.05 Å². The molecule has 0 saturated heterocycles. The number of nitrogens with zero attached hydrogens (tertiary/aromatic N) is 5. The lowest BCUT2D eigenvalue weighted by molar-refractivity contribution is 0.378. The number of rotatable bonds is 6. The molecule has 0 saturated carbocycles. The van der Waals surface area contributed by atoms with Crippen molar-refractivity contribution in [3.05, 3.63) is 6.33 Å². The van der Waals surface area contributed by atoms with E-state index in [4.69, 9.17) is 4.74 Å². The highest BCUT2D eigenvalue weighted by Gasteiger charge is 2.12. The van der Waals surface area contributed by atoms with Gasteiger partial charge in [-0.3, -0.25) is 0 Å². The van der Waals surface area contributed by atoms with Gasteiger partial charge in [0.25, 0.3) is 0 Å². The highest BCUT2D eigenvalue weighted by molar-refractivity contribution is 7.99. The molecule has 2 aromatic heterocycles. The number of hydrogen-bond donors (Lipinski definition) is 0. The molecule has 2 rings (SSSR count). The lowest BCUT2D eigenvalue weighted by atomic mass is 10.5. The van der Waals surface area contributed by atoms with Crippen LogP contribution in [0.1, 0.15) is 6.42 Å². The molecule has 0 bridgehead atoms. The van der Waals surface area contributed by atoms with E-state index < -0.39 is 0 Å². The van der Waals surface area contributed by atoms with Crippen LogP contribution in [0.15, 0.2) is 11.4 Å². The SMILES string of the molecule is COc1nc(SCCCN(C)C)c2c(ncn2C)n1. The first-order valence-electron chi connectivity index (χ1n) is 6.12. The molecule has 7 heteroatoms. The average Bonchev–Trinajstić information content (AvgIpc) is 2.76. The van der Waals surface area contributed by atoms with Crippen LogP contribution in [0.3, 0.4) is 0 Å². The molecule has 2 aromatic rings. The predicted octanol–water partition coefficient (Wildman–Crippen LogP) is 1.42. The Labute approximate surface area is 117 Å². The summed E-state index contributed by atoms with van der Waals surface area (Å²) in [5, 5.41) is 0.931. The van der Waals surface area contributed by atoms with Crippen LogP contribution in [0.25, 0.3) is 11.2 Å². The van der Waals surface area contributed by atoms with E-state index in [0.29, 0.717) is 11.7 Å². The van der Waals surface area contributed by atoms with Crippen LogP contribution in [-0.2, 0) is 7.05 Å². The van der Waals surface area contributed by atoms with Gasteiger partial charge in [0.1, 0.15) is 10.5 Å². The van der Waals surface area contributed by atoms with Crippen molar-refractivity contribution in [2.75, 3.05) is 33.5 Å². The average molecular weight is 281 g/mol. The topological polar surface area (TPSA) is 56.1 Å². The molecule has 2 heterocycles. The summed E-state index contributed by atoms with van der Waals surface area (Å²) in [6.45, 7) is 1.07. The van der Waals surface area contributed by atoms with Crippen LogP contribution < -0.4 is 4.74 Å². The summed E-state index contributed by atoms with van der Waals surface area (Å²) in [6.07, 6.45) is 2.87. The van der Waals surface area contributed by atoms with Crippen LogP contribution in [0, 0.1) is 0 Å². The van der Waals surface area contributed by atoms with E-state index >= 15 is 0 Å². The third kappa shape index (κ3) is 3.36.